The highest BCUT2D eigenvalue weighted by Crippen LogP contribution is 2.37. The number of benzene rings is 1. The number of piperidine rings is 1. The summed E-state index contributed by atoms with van der Waals surface area (Å²) in [7, 11) is 1.95. The Morgan fingerprint density at radius 2 is 2.17 bits per heavy atom. The van der Waals surface area contributed by atoms with Gasteiger partial charge < -0.3 is 4.90 Å². The van der Waals surface area contributed by atoms with Gasteiger partial charge in [-0.1, -0.05) is 11.6 Å². The number of aryl methyl sites for hydroxylation is 1. The molecule has 1 aliphatic heterocycles. The predicted octanol–water partition coefficient (Wildman–Crippen LogP) is 4.20. The molecule has 4 nitrogen and oxygen atoms in total. The Kier molecular flexibility index (Phi) is 4.06. The molecular weight excluding hydrogens is 347 g/mol. The molecule has 1 fully saturated rings. The van der Waals surface area contributed by atoms with Gasteiger partial charge in [0.2, 0.25) is 0 Å². The second kappa shape index (κ2) is 6.10. The van der Waals surface area contributed by atoms with Crippen molar-refractivity contribution in [1.29, 1.82) is 0 Å². The summed E-state index contributed by atoms with van der Waals surface area (Å²) in [6.45, 7) is 3.29. The third-order valence-corrected chi connectivity index (χ3v) is 5.84. The van der Waals surface area contributed by atoms with Crippen LogP contribution in [0.25, 0.3) is 15.9 Å². The van der Waals surface area contributed by atoms with E-state index in [1.165, 1.54) is 11.5 Å². The minimum atomic E-state index is -0.902. The lowest BCUT2D eigenvalue weighted by Gasteiger charge is -2.33. The Morgan fingerprint density at radius 1 is 1.33 bits per heavy atom. The van der Waals surface area contributed by atoms with Gasteiger partial charge in [-0.3, -0.25) is 0 Å². The van der Waals surface area contributed by atoms with Gasteiger partial charge in [0.1, 0.15) is 11.2 Å². The molecule has 1 aromatic carbocycles. The highest BCUT2D eigenvalue weighted by Gasteiger charge is 2.30. The highest BCUT2D eigenvalue weighted by molar-refractivity contribution is 7.08. The van der Waals surface area contributed by atoms with Crippen LogP contribution in [0.4, 0.5) is 4.39 Å². The van der Waals surface area contributed by atoms with Crippen LogP contribution in [0.2, 0.25) is 5.02 Å². The van der Waals surface area contributed by atoms with Gasteiger partial charge in [-0.25, -0.2) is 9.07 Å². The molecule has 0 amide bonds. The summed E-state index contributed by atoms with van der Waals surface area (Å²) in [5.74, 6) is -0.162. The Labute approximate surface area is 149 Å². The molecule has 0 aliphatic carbocycles. The van der Waals surface area contributed by atoms with E-state index in [4.69, 9.17) is 11.6 Å². The van der Waals surface area contributed by atoms with Crippen LogP contribution in [-0.2, 0) is 0 Å². The van der Waals surface area contributed by atoms with Gasteiger partial charge in [0.05, 0.1) is 17.4 Å². The molecule has 3 heterocycles. The zero-order chi connectivity index (χ0) is 16.8. The van der Waals surface area contributed by atoms with Crippen molar-refractivity contribution in [3.63, 3.8) is 0 Å². The molecule has 1 saturated heterocycles. The molecule has 0 unspecified atom stereocenters. The third kappa shape index (κ3) is 2.72. The zero-order valence-corrected chi connectivity index (χ0v) is 15.1. The topological polar surface area (TPSA) is 34.0 Å². The molecule has 0 radical (unpaired) electrons. The van der Waals surface area contributed by atoms with Crippen LogP contribution < -0.4 is 0 Å². The summed E-state index contributed by atoms with van der Waals surface area (Å²) in [5.41, 5.74) is 2.80. The van der Waals surface area contributed by atoms with Crippen molar-refractivity contribution in [3.05, 3.63) is 40.7 Å². The molecule has 0 bridgehead atoms. The Balaban J connectivity index is 1.80. The lowest BCUT2D eigenvalue weighted by molar-refractivity contribution is 0.139. The van der Waals surface area contributed by atoms with Gasteiger partial charge in [0.25, 0.3) is 0 Å². The second-order valence-electron chi connectivity index (χ2n) is 6.47. The largest absolute Gasteiger partial charge is 0.303 e. The summed E-state index contributed by atoms with van der Waals surface area (Å²) < 4.78 is 20.8. The number of fused-ring (bicyclic) bond motifs is 1. The number of halogens is 2. The monoisotopic (exact) mass is 364 g/mol. The number of rotatable bonds is 2. The first kappa shape index (κ1) is 16.0. The number of hydrogen-bond donors (Lipinski definition) is 0. The summed E-state index contributed by atoms with van der Waals surface area (Å²) in [5, 5.41) is 7.00. The van der Waals surface area contributed by atoms with E-state index >= 15 is 0 Å². The van der Waals surface area contributed by atoms with Crippen LogP contribution in [0.1, 0.15) is 23.6 Å². The van der Waals surface area contributed by atoms with Gasteiger partial charge in [0, 0.05) is 22.9 Å². The number of alkyl halides is 1. The fraction of sp³-hybridized carbons (Fsp3) is 0.412. The molecule has 0 spiro atoms. The van der Waals surface area contributed by atoms with E-state index in [0.717, 1.165) is 40.1 Å². The molecule has 0 saturated carbocycles. The van der Waals surface area contributed by atoms with E-state index in [2.05, 4.69) is 9.47 Å². The highest BCUT2D eigenvalue weighted by atomic mass is 35.5. The summed E-state index contributed by atoms with van der Waals surface area (Å²) in [6.07, 6.45) is 1.67. The molecule has 4 rings (SSSR count). The van der Waals surface area contributed by atoms with Crippen molar-refractivity contribution in [2.75, 3.05) is 20.1 Å². The van der Waals surface area contributed by atoms with E-state index < -0.39 is 6.17 Å². The minimum absolute atomic E-state index is 0.162. The maximum absolute atomic E-state index is 14.6. The Hall–Kier alpha value is -1.50. The van der Waals surface area contributed by atoms with E-state index in [0.29, 0.717) is 11.6 Å². The fourth-order valence-electron chi connectivity index (χ4n) is 3.38. The Morgan fingerprint density at radius 3 is 2.88 bits per heavy atom. The molecule has 126 valence electrons. The minimum Gasteiger partial charge on any atom is -0.303 e. The summed E-state index contributed by atoms with van der Waals surface area (Å²) in [4.78, 5) is 2.03. The maximum atomic E-state index is 14.6. The van der Waals surface area contributed by atoms with Crippen molar-refractivity contribution < 1.29 is 4.39 Å². The smallest absolute Gasteiger partial charge is 0.138 e. The molecule has 2 aromatic heterocycles. The molecule has 7 heteroatoms. The summed E-state index contributed by atoms with van der Waals surface area (Å²) >= 11 is 7.88. The van der Waals surface area contributed by atoms with Crippen molar-refractivity contribution in [3.8, 4) is 5.00 Å². The van der Waals surface area contributed by atoms with Crippen LogP contribution in [0.5, 0.6) is 0 Å². The quantitative estimate of drug-likeness (QED) is 0.683. The SMILES string of the molecule is Cc1cc(-n2ncc3cc(Cl)c([C@@H]4CCN(C)C[C@H]4F)cc32)sn1. The van der Waals surface area contributed by atoms with Crippen molar-refractivity contribution in [2.24, 2.45) is 0 Å². The van der Waals surface area contributed by atoms with Crippen molar-refractivity contribution in [1.82, 2.24) is 19.1 Å². The first-order chi connectivity index (χ1) is 11.5. The molecule has 3 aromatic rings. The van der Waals surface area contributed by atoms with E-state index in [1.54, 1.807) is 6.20 Å². The molecule has 24 heavy (non-hydrogen) atoms. The van der Waals surface area contributed by atoms with E-state index in [1.807, 2.05) is 41.8 Å². The van der Waals surface area contributed by atoms with Crippen LogP contribution in [-0.4, -0.2) is 45.4 Å². The Bertz CT molecular complexity index is 890. The zero-order valence-electron chi connectivity index (χ0n) is 13.5. The number of nitrogens with zero attached hydrogens (tertiary/aromatic N) is 4. The van der Waals surface area contributed by atoms with Gasteiger partial charge in [-0.05, 0) is 62.2 Å². The van der Waals surface area contributed by atoms with Crippen LogP contribution in [0.3, 0.4) is 0 Å². The van der Waals surface area contributed by atoms with E-state index in [9.17, 15) is 4.39 Å². The molecular formula is C17H18ClFN4S. The number of aromatic nitrogens is 3. The van der Waals surface area contributed by atoms with Gasteiger partial charge in [-0.2, -0.15) is 9.47 Å². The number of likely N-dealkylation sites (tertiary alicyclic amines) is 1. The maximum Gasteiger partial charge on any atom is 0.138 e. The van der Waals surface area contributed by atoms with Gasteiger partial charge in [0.15, 0.2) is 0 Å². The lowest BCUT2D eigenvalue weighted by atomic mass is 9.87. The molecule has 1 aliphatic rings. The van der Waals surface area contributed by atoms with Gasteiger partial charge >= 0.3 is 0 Å². The number of hydrogen-bond acceptors (Lipinski definition) is 4. The van der Waals surface area contributed by atoms with Crippen LogP contribution in [0.15, 0.2) is 24.4 Å². The predicted molar refractivity (Wildman–Crippen MR) is 96.2 cm³/mol. The molecule has 0 N–H and O–H groups in total. The average molecular weight is 365 g/mol. The fourth-order valence-corrected chi connectivity index (χ4v) is 4.43. The first-order valence-electron chi connectivity index (χ1n) is 7.96. The normalized spacial score (nSPS) is 22.3. The van der Waals surface area contributed by atoms with E-state index in [-0.39, 0.29) is 5.92 Å². The third-order valence-electron chi connectivity index (χ3n) is 4.65. The average Bonchev–Trinajstić information content (AvgIpc) is 3.12. The van der Waals surface area contributed by atoms with Crippen molar-refractivity contribution >= 4 is 34.0 Å². The van der Waals surface area contributed by atoms with Gasteiger partial charge in [-0.15, -0.1) is 0 Å². The molecule has 2 atom stereocenters. The van der Waals surface area contributed by atoms with Crippen molar-refractivity contribution in [2.45, 2.75) is 25.4 Å². The first-order valence-corrected chi connectivity index (χ1v) is 9.11. The lowest BCUT2D eigenvalue weighted by Crippen LogP contribution is -2.38. The van der Waals surface area contributed by atoms with Crippen LogP contribution in [0, 0.1) is 6.92 Å². The summed E-state index contributed by atoms with van der Waals surface area (Å²) in [6, 6.07) is 5.90. The second-order valence-corrected chi connectivity index (χ2v) is 7.66. The van der Waals surface area contributed by atoms with Crippen LogP contribution >= 0.6 is 23.1 Å². The standard InChI is InChI=1S/C17H18ClFN4S/c1-10-5-17(24-21-10)23-16-7-13(14(18)6-11(16)8-20-23)12-3-4-22(2)9-15(12)19/h5-8,12,15H,3-4,9H2,1-2H3/t12-,15+/m0/s1.